The van der Waals surface area contributed by atoms with Crippen molar-refractivity contribution in [1.82, 2.24) is 0 Å². The predicted molar refractivity (Wildman–Crippen MR) is 163 cm³/mol. The maximum Gasteiger partial charge on any atom is -0.0471 e. The van der Waals surface area contributed by atoms with Crippen molar-refractivity contribution in [2.45, 2.75) is 213 Å². The van der Waals surface area contributed by atoms with Crippen LogP contribution in [0.25, 0.3) is 0 Å². The Morgan fingerprint density at radius 3 is 0.629 bits per heavy atom. The van der Waals surface area contributed by atoms with E-state index >= 15 is 0 Å². The summed E-state index contributed by atoms with van der Waals surface area (Å²) < 4.78 is 0. The maximum absolute atomic E-state index is 3.92. The maximum atomic E-state index is 3.92. The lowest BCUT2D eigenvalue weighted by Crippen LogP contribution is -1.87. The van der Waals surface area contributed by atoms with Crippen LogP contribution in [0.2, 0.25) is 0 Å². The summed E-state index contributed by atoms with van der Waals surface area (Å²) in [7, 11) is 0. The monoisotopic (exact) mass is 492 g/mol. The number of rotatable bonds is 31. The zero-order chi connectivity index (χ0) is 25.5. The van der Waals surface area contributed by atoms with Crippen molar-refractivity contribution in [3.05, 3.63) is 6.92 Å². The Morgan fingerprint density at radius 2 is 0.457 bits per heavy atom. The normalized spacial score (nSPS) is 11.7. The molecule has 0 heteroatoms. The summed E-state index contributed by atoms with van der Waals surface area (Å²) in [4.78, 5) is 0. The summed E-state index contributed by atoms with van der Waals surface area (Å²) in [5, 5.41) is 0. The molecule has 1 radical (unpaired) electrons. The fourth-order valence-corrected chi connectivity index (χ4v) is 5.50. The molecule has 0 aromatic rings. The zero-order valence-corrected chi connectivity index (χ0v) is 25.2. The average molecular weight is 492 g/mol. The molecule has 0 atom stereocenters. The smallest absolute Gasteiger partial charge is 0.0471 e. The van der Waals surface area contributed by atoms with E-state index in [0.717, 1.165) is 12.3 Å². The van der Waals surface area contributed by atoms with Gasteiger partial charge >= 0.3 is 0 Å². The van der Waals surface area contributed by atoms with Gasteiger partial charge in [0.2, 0.25) is 0 Å². The van der Waals surface area contributed by atoms with Crippen LogP contribution in [0.5, 0.6) is 0 Å². The summed E-state index contributed by atoms with van der Waals surface area (Å²) in [6.45, 7) is 8.62. The first-order chi connectivity index (χ1) is 17.3. The molecule has 0 fully saturated rings. The van der Waals surface area contributed by atoms with Gasteiger partial charge < -0.3 is 0 Å². The van der Waals surface area contributed by atoms with E-state index in [1.807, 2.05) is 0 Å². The van der Waals surface area contributed by atoms with Gasteiger partial charge in [-0.1, -0.05) is 220 Å². The molecule has 0 saturated carbocycles. The first kappa shape index (κ1) is 35.0. The quantitative estimate of drug-likeness (QED) is 0.0845. The van der Waals surface area contributed by atoms with Crippen molar-refractivity contribution in [2.24, 2.45) is 5.92 Å². The molecule has 0 unspecified atom stereocenters. The third-order valence-corrected chi connectivity index (χ3v) is 8.03. The van der Waals surface area contributed by atoms with E-state index in [1.165, 1.54) is 193 Å². The SMILES string of the molecule is [CH2]CCCCCCCCCCCCCCCCCCCCCCCCCCCCCCCC(C)C. The number of hydrogen-bond acceptors (Lipinski definition) is 0. The van der Waals surface area contributed by atoms with Crippen LogP contribution in [0.4, 0.5) is 0 Å². The number of unbranched alkanes of at least 4 members (excludes halogenated alkanes) is 29. The molecule has 0 aromatic heterocycles. The second-order valence-electron chi connectivity index (χ2n) is 12.3. The van der Waals surface area contributed by atoms with Crippen LogP contribution in [0.3, 0.4) is 0 Å². The van der Waals surface area contributed by atoms with Crippen LogP contribution in [-0.2, 0) is 0 Å². The second kappa shape index (κ2) is 32.0. The van der Waals surface area contributed by atoms with Gasteiger partial charge in [-0.3, -0.25) is 0 Å². The Balaban J connectivity index is 3.01. The van der Waals surface area contributed by atoms with Gasteiger partial charge in [-0.2, -0.15) is 0 Å². The van der Waals surface area contributed by atoms with Crippen molar-refractivity contribution in [2.75, 3.05) is 0 Å². The largest absolute Gasteiger partial charge is 0.0628 e. The highest BCUT2D eigenvalue weighted by Gasteiger charge is 1.97. The molecule has 0 bridgehead atoms. The van der Waals surface area contributed by atoms with Crippen LogP contribution in [0, 0.1) is 12.8 Å². The summed E-state index contributed by atoms with van der Waals surface area (Å²) in [5.74, 6) is 0.896. The van der Waals surface area contributed by atoms with E-state index in [4.69, 9.17) is 0 Å². The highest BCUT2D eigenvalue weighted by molar-refractivity contribution is 4.53. The Bertz CT molecular complexity index is 344. The molecular weight excluding hydrogens is 420 g/mol. The molecule has 35 heavy (non-hydrogen) atoms. The predicted octanol–water partition coefficient (Wildman–Crippen LogP) is 13.6. The molecule has 0 aliphatic carbocycles. The van der Waals surface area contributed by atoms with Crippen LogP contribution < -0.4 is 0 Å². The Morgan fingerprint density at radius 1 is 0.286 bits per heavy atom. The van der Waals surface area contributed by atoms with Crippen molar-refractivity contribution in [3.63, 3.8) is 0 Å². The van der Waals surface area contributed by atoms with Gasteiger partial charge in [-0.05, 0) is 5.92 Å². The third kappa shape index (κ3) is 34.0. The van der Waals surface area contributed by atoms with Gasteiger partial charge in [0.15, 0.2) is 0 Å². The van der Waals surface area contributed by atoms with Gasteiger partial charge in [0.1, 0.15) is 0 Å². The Hall–Kier alpha value is 0. The van der Waals surface area contributed by atoms with E-state index in [9.17, 15) is 0 Å². The van der Waals surface area contributed by atoms with Crippen molar-refractivity contribution in [1.29, 1.82) is 0 Å². The highest BCUT2D eigenvalue weighted by atomic mass is 14.0. The minimum Gasteiger partial charge on any atom is -0.0628 e. The standard InChI is InChI=1S/C35H71/c1-4-5-6-7-8-9-10-11-12-13-14-15-16-17-18-19-20-21-22-23-24-25-26-27-28-29-30-31-32-33-34-35(2)3/h35H,1,4-34H2,2-3H3. The summed E-state index contributed by atoms with van der Waals surface area (Å²) >= 11 is 0. The Kier molecular flexibility index (Phi) is 32.0. The van der Waals surface area contributed by atoms with Crippen LogP contribution in [-0.4, -0.2) is 0 Å². The van der Waals surface area contributed by atoms with Crippen molar-refractivity contribution in [3.8, 4) is 0 Å². The molecule has 0 nitrogen and oxygen atoms in total. The second-order valence-corrected chi connectivity index (χ2v) is 12.3. The lowest BCUT2D eigenvalue weighted by Gasteiger charge is -2.05. The van der Waals surface area contributed by atoms with Crippen LogP contribution >= 0.6 is 0 Å². The van der Waals surface area contributed by atoms with E-state index in [-0.39, 0.29) is 0 Å². The molecule has 0 rings (SSSR count). The minimum atomic E-state index is 0.896. The lowest BCUT2D eigenvalue weighted by molar-refractivity contribution is 0.500. The molecule has 211 valence electrons. The Labute approximate surface area is 225 Å². The fraction of sp³-hybridized carbons (Fsp3) is 0.971. The van der Waals surface area contributed by atoms with E-state index in [1.54, 1.807) is 0 Å². The third-order valence-electron chi connectivity index (χ3n) is 8.03. The fourth-order valence-electron chi connectivity index (χ4n) is 5.50. The molecule has 0 heterocycles. The van der Waals surface area contributed by atoms with Gasteiger partial charge in [-0.25, -0.2) is 0 Å². The highest BCUT2D eigenvalue weighted by Crippen LogP contribution is 2.17. The van der Waals surface area contributed by atoms with Gasteiger partial charge in [0.05, 0.1) is 0 Å². The van der Waals surface area contributed by atoms with Crippen molar-refractivity contribution >= 4 is 0 Å². The van der Waals surface area contributed by atoms with Crippen LogP contribution in [0.1, 0.15) is 213 Å². The topological polar surface area (TPSA) is 0 Å². The molecule has 0 aromatic carbocycles. The number of hydrogen-bond donors (Lipinski definition) is 0. The van der Waals surface area contributed by atoms with Crippen molar-refractivity contribution < 1.29 is 0 Å². The molecule has 0 aliphatic rings. The van der Waals surface area contributed by atoms with Gasteiger partial charge in [0.25, 0.3) is 0 Å². The van der Waals surface area contributed by atoms with E-state index in [0.29, 0.717) is 0 Å². The molecule has 0 N–H and O–H groups in total. The van der Waals surface area contributed by atoms with E-state index < -0.39 is 0 Å². The lowest BCUT2D eigenvalue weighted by atomic mass is 10.0. The zero-order valence-electron chi connectivity index (χ0n) is 25.2. The first-order valence-electron chi connectivity index (χ1n) is 17.1. The summed E-state index contributed by atoms with van der Waals surface area (Å²) in [5.41, 5.74) is 0. The molecule has 0 spiro atoms. The summed E-state index contributed by atoms with van der Waals surface area (Å²) in [6, 6.07) is 0. The average Bonchev–Trinajstić information content (AvgIpc) is 2.85. The minimum absolute atomic E-state index is 0.896. The van der Waals surface area contributed by atoms with E-state index in [2.05, 4.69) is 20.8 Å². The molecule has 0 aliphatic heterocycles. The summed E-state index contributed by atoms with van der Waals surface area (Å²) in [6.07, 6.45) is 45.3. The van der Waals surface area contributed by atoms with Gasteiger partial charge in [0, 0.05) is 0 Å². The van der Waals surface area contributed by atoms with Gasteiger partial charge in [-0.15, -0.1) is 0 Å². The first-order valence-corrected chi connectivity index (χ1v) is 17.1. The molecule has 0 amide bonds. The van der Waals surface area contributed by atoms with Crippen LogP contribution in [0.15, 0.2) is 0 Å². The molecular formula is C35H71. The molecule has 0 saturated heterocycles.